The Bertz CT molecular complexity index is 1320. The van der Waals surface area contributed by atoms with Crippen LogP contribution in [0.3, 0.4) is 0 Å². The molecular weight excluding hydrogens is 352 g/mol. The summed E-state index contributed by atoms with van der Waals surface area (Å²) in [4.78, 5) is 0. The van der Waals surface area contributed by atoms with E-state index >= 15 is 0 Å². The second-order valence-electron chi connectivity index (χ2n) is 7.67. The van der Waals surface area contributed by atoms with Crippen LogP contribution in [0.5, 0.6) is 5.75 Å². The van der Waals surface area contributed by atoms with Gasteiger partial charge in [-0.25, -0.2) is 0 Å². The largest absolute Gasteiger partial charge is 0.484 e. The molecule has 29 heavy (non-hydrogen) atoms. The lowest BCUT2D eigenvalue weighted by molar-refractivity contribution is 0.224. The van der Waals surface area contributed by atoms with Crippen molar-refractivity contribution in [2.75, 3.05) is 0 Å². The molecule has 0 bridgehead atoms. The van der Waals surface area contributed by atoms with Crippen molar-refractivity contribution >= 4 is 21.5 Å². The van der Waals surface area contributed by atoms with Crippen molar-refractivity contribution in [3.63, 3.8) is 0 Å². The standard InChI is InChI=1S/C28H20O/c1-3-11-19(12-4-1)25-26-23-17-9-7-15-21(23)22-16-8-10-18-24(22)28(26)29-27(25)20-13-5-2-6-14-20/h1-18,25,27H/t25-,27+/m1/s1. The van der Waals surface area contributed by atoms with Gasteiger partial charge in [-0.1, -0.05) is 109 Å². The van der Waals surface area contributed by atoms with Crippen molar-refractivity contribution < 1.29 is 4.74 Å². The fourth-order valence-corrected chi connectivity index (χ4v) is 4.82. The first-order valence-corrected chi connectivity index (χ1v) is 10.1. The number of hydrogen-bond acceptors (Lipinski definition) is 1. The van der Waals surface area contributed by atoms with Gasteiger partial charge in [0, 0.05) is 10.9 Å². The van der Waals surface area contributed by atoms with Crippen LogP contribution in [0, 0.1) is 0 Å². The van der Waals surface area contributed by atoms with Crippen LogP contribution in [0.25, 0.3) is 21.5 Å². The van der Waals surface area contributed by atoms with Crippen LogP contribution in [0.4, 0.5) is 0 Å². The molecule has 0 aromatic heterocycles. The molecule has 1 heterocycles. The molecule has 1 aliphatic heterocycles. The smallest absolute Gasteiger partial charge is 0.135 e. The molecular formula is C28H20O. The van der Waals surface area contributed by atoms with Crippen molar-refractivity contribution in [2.24, 2.45) is 0 Å². The fraction of sp³-hybridized carbons (Fsp3) is 0.0714. The van der Waals surface area contributed by atoms with Crippen molar-refractivity contribution in [3.8, 4) is 5.75 Å². The first-order chi connectivity index (χ1) is 14.4. The number of fused-ring (bicyclic) bond motifs is 6. The second kappa shape index (κ2) is 6.49. The van der Waals surface area contributed by atoms with Crippen molar-refractivity contribution in [3.05, 3.63) is 126 Å². The summed E-state index contributed by atoms with van der Waals surface area (Å²) < 4.78 is 6.78. The summed E-state index contributed by atoms with van der Waals surface area (Å²) >= 11 is 0. The van der Waals surface area contributed by atoms with Gasteiger partial charge in [0.05, 0.1) is 5.92 Å². The highest BCUT2D eigenvalue weighted by atomic mass is 16.5. The third-order valence-corrected chi connectivity index (χ3v) is 6.07. The Kier molecular flexibility index (Phi) is 3.67. The van der Waals surface area contributed by atoms with E-state index in [0.29, 0.717) is 0 Å². The molecule has 0 amide bonds. The molecule has 1 heteroatoms. The first-order valence-electron chi connectivity index (χ1n) is 10.1. The third kappa shape index (κ3) is 2.48. The summed E-state index contributed by atoms with van der Waals surface area (Å²) in [6, 6.07) is 38.7. The van der Waals surface area contributed by atoms with Crippen molar-refractivity contribution in [1.29, 1.82) is 0 Å². The van der Waals surface area contributed by atoms with Crippen LogP contribution < -0.4 is 4.74 Å². The zero-order chi connectivity index (χ0) is 19.2. The van der Waals surface area contributed by atoms with Crippen LogP contribution in [0.15, 0.2) is 109 Å². The highest BCUT2D eigenvalue weighted by Crippen LogP contribution is 2.55. The van der Waals surface area contributed by atoms with E-state index in [9.17, 15) is 0 Å². The lowest BCUT2D eigenvalue weighted by atomic mass is 9.82. The maximum absolute atomic E-state index is 6.78. The Morgan fingerprint density at radius 1 is 0.448 bits per heavy atom. The molecule has 138 valence electrons. The molecule has 0 aliphatic carbocycles. The molecule has 0 fully saturated rings. The molecule has 6 rings (SSSR count). The normalized spacial score (nSPS) is 17.9. The lowest BCUT2D eigenvalue weighted by Gasteiger charge is -2.20. The maximum atomic E-state index is 6.78. The molecule has 0 saturated carbocycles. The van der Waals surface area contributed by atoms with E-state index in [1.165, 1.54) is 38.2 Å². The van der Waals surface area contributed by atoms with Gasteiger partial charge in [0.15, 0.2) is 0 Å². The minimum Gasteiger partial charge on any atom is -0.484 e. The van der Waals surface area contributed by atoms with Gasteiger partial charge in [-0.2, -0.15) is 0 Å². The van der Waals surface area contributed by atoms with Crippen molar-refractivity contribution in [2.45, 2.75) is 12.0 Å². The van der Waals surface area contributed by atoms with E-state index in [2.05, 4.69) is 109 Å². The Hall–Kier alpha value is -3.58. The predicted molar refractivity (Wildman–Crippen MR) is 120 cm³/mol. The van der Waals surface area contributed by atoms with E-state index in [0.717, 1.165) is 5.75 Å². The Morgan fingerprint density at radius 3 is 1.59 bits per heavy atom. The molecule has 5 aromatic rings. The van der Waals surface area contributed by atoms with Crippen LogP contribution in [0.2, 0.25) is 0 Å². The van der Waals surface area contributed by atoms with Crippen molar-refractivity contribution in [1.82, 2.24) is 0 Å². The highest BCUT2D eigenvalue weighted by molar-refractivity contribution is 6.13. The molecule has 0 N–H and O–H groups in total. The van der Waals surface area contributed by atoms with Gasteiger partial charge in [0.1, 0.15) is 11.9 Å². The van der Waals surface area contributed by atoms with Gasteiger partial charge < -0.3 is 4.74 Å². The maximum Gasteiger partial charge on any atom is 0.135 e. The summed E-state index contributed by atoms with van der Waals surface area (Å²) in [5, 5.41) is 5.02. The minimum atomic E-state index is -0.0391. The van der Waals surface area contributed by atoms with E-state index in [4.69, 9.17) is 4.74 Å². The molecule has 2 atom stereocenters. The zero-order valence-corrected chi connectivity index (χ0v) is 16.0. The topological polar surface area (TPSA) is 9.23 Å². The number of hydrogen-bond donors (Lipinski definition) is 0. The van der Waals surface area contributed by atoms with E-state index in [1.54, 1.807) is 0 Å². The van der Waals surface area contributed by atoms with Gasteiger partial charge in [-0.3, -0.25) is 0 Å². The van der Waals surface area contributed by atoms with Crippen LogP contribution >= 0.6 is 0 Å². The van der Waals surface area contributed by atoms with Crippen LogP contribution in [-0.2, 0) is 0 Å². The fourth-order valence-electron chi connectivity index (χ4n) is 4.82. The molecule has 0 unspecified atom stereocenters. The molecule has 1 nitrogen and oxygen atoms in total. The zero-order valence-electron chi connectivity index (χ0n) is 16.0. The lowest BCUT2D eigenvalue weighted by Crippen LogP contribution is -2.11. The summed E-state index contributed by atoms with van der Waals surface area (Å²) in [6.45, 7) is 0. The molecule has 0 saturated heterocycles. The Labute approximate surface area is 170 Å². The first kappa shape index (κ1) is 16.4. The molecule has 0 radical (unpaired) electrons. The quantitative estimate of drug-likeness (QED) is 0.296. The summed E-state index contributed by atoms with van der Waals surface area (Å²) in [6.07, 6.45) is -0.0391. The highest BCUT2D eigenvalue weighted by Gasteiger charge is 2.39. The van der Waals surface area contributed by atoms with E-state index in [-0.39, 0.29) is 12.0 Å². The van der Waals surface area contributed by atoms with Gasteiger partial charge >= 0.3 is 0 Å². The van der Waals surface area contributed by atoms with Crippen LogP contribution in [0.1, 0.15) is 28.7 Å². The Balaban J connectivity index is 1.72. The second-order valence-corrected chi connectivity index (χ2v) is 7.67. The number of benzene rings is 5. The molecule has 5 aromatic carbocycles. The van der Waals surface area contributed by atoms with Gasteiger partial charge in [0.25, 0.3) is 0 Å². The summed E-state index contributed by atoms with van der Waals surface area (Å²) in [7, 11) is 0. The predicted octanol–water partition coefficient (Wildman–Crippen LogP) is 7.26. The number of ether oxygens (including phenoxy) is 1. The average Bonchev–Trinajstić information content (AvgIpc) is 3.22. The Morgan fingerprint density at radius 2 is 0.931 bits per heavy atom. The molecule has 0 spiro atoms. The van der Waals surface area contributed by atoms with Crippen LogP contribution in [-0.4, -0.2) is 0 Å². The van der Waals surface area contributed by atoms with E-state index in [1.807, 2.05) is 0 Å². The number of rotatable bonds is 2. The van der Waals surface area contributed by atoms with Gasteiger partial charge in [-0.15, -0.1) is 0 Å². The average molecular weight is 372 g/mol. The third-order valence-electron chi connectivity index (χ3n) is 6.07. The van der Waals surface area contributed by atoms with E-state index < -0.39 is 0 Å². The SMILES string of the molecule is c1ccc([C@@H]2c3c(c4ccccc4c4ccccc34)O[C@H]2c2ccccc2)cc1. The summed E-state index contributed by atoms with van der Waals surface area (Å²) in [5.74, 6) is 1.19. The molecule has 1 aliphatic rings. The monoisotopic (exact) mass is 372 g/mol. The van der Waals surface area contributed by atoms with Gasteiger partial charge in [-0.05, 0) is 27.3 Å². The minimum absolute atomic E-state index is 0.0391. The van der Waals surface area contributed by atoms with Gasteiger partial charge in [0.2, 0.25) is 0 Å². The summed E-state index contributed by atoms with van der Waals surface area (Å²) in [5.41, 5.74) is 3.81.